The first-order chi connectivity index (χ1) is 15.7. The number of primary amides is 1. The van der Waals surface area contributed by atoms with Crippen molar-refractivity contribution in [3.8, 4) is 5.75 Å². The van der Waals surface area contributed by atoms with Crippen LogP contribution in [0.3, 0.4) is 0 Å². The van der Waals surface area contributed by atoms with E-state index in [1.807, 2.05) is 0 Å². The maximum atomic E-state index is 14.4. The van der Waals surface area contributed by atoms with Crippen LogP contribution in [0.5, 0.6) is 5.75 Å². The number of hydrogen-bond acceptors (Lipinski definition) is 5. The predicted octanol–water partition coefficient (Wildman–Crippen LogP) is 3.55. The van der Waals surface area contributed by atoms with Crippen molar-refractivity contribution >= 4 is 17.5 Å². The van der Waals surface area contributed by atoms with Crippen LogP contribution in [-0.2, 0) is 9.53 Å². The molecule has 0 saturated carbocycles. The van der Waals surface area contributed by atoms with E-state index in [2.05, 4.69) is 10.3 Å². The lowest BCUT2D eigenvalue weighted by Gasteiger charge is -2.32. The van der Waals surface area contributed by atoms with Crippen molar-refractivity contribution in [1.82, 2.24) is 4.98 Å². The predicted molar refractivity (Wildman–Crippen MR) is 106 cm³/mol. The monoisotopic (exact) mass is 474 g/mol. The van der Waals surface area contributed by atoms with Crippen molar-refractivity contribution in [2.24, 2.45) is 11.7 Å². The molecule has 1 aromatic carbocycles. The van der Waals surface area contributed by atoms with Gasteiger partial charge in [0.2, 0.25) is 5.82 Å². The molecule has 2 amide bonds. The Kier molecular flexibility index (Phi) is 5.95. The van der Waals surface area contributed by atoms with E-state index in [1.165, 1.54) is 6.92 Å². The maximum Gasteiger partial charge on any atom is 0.417 e. The summed E-state index contributed by atoms with van der Waals surface area (Å²) in [6, 6.07) is 2.36. The Balaban J connectivity index is 2.10. The normalized spacial score (nSPS) is 25.5. The van der Waals surface area contributed by atoms with Crippen molar-refractivity contribution in [1.29, 1.82) is 0 Å². The Morgan fingerprint density at radius 3 is 2.58 bits per heavy atom. The largest absolute Gasteiger partial charge is 0.493 e. The topological polar surface area (TPSA) is 104 Å². The van der Waals surface area contributed by atoms with Gasteiger partial charge < -0.3 is 20.5 Å². The Bertz CT molecular complexity index is 1150. The van der Waals surface area contributed by atoms with Gasteiger partial charge >= 0.3 is 6.18 Å². The average molecular weight is 474 g/mol. The summed E-state index contributed by atoms with van der Waals surface area (Å²) < 4.78 is 88.0. The van der Waals surface area contributed by atoms with Gasteiger partial charge in [0.1, 0.15) is 11.8 Å². The number of ether oxygens (including phenoxy) is 2. The SMILES string of the molecule is [2H]c1cnc(C(N)=O)cc1NC(=O)[C@H]1O[C@](C)(C(F)(F)F)[C@@H](C)[C@H]1c1ccc(F)c(F)c1OC. The van der Waals surface area contributed by atoms with E-state index in [1.54, 1.807) is 0 Å². The number of benzene rings is 1. The number of nitrogens with zero attached hydrogens (tertiary/aromatic N) is 1. The van der Waals surface area contributed by atoms with Crippen LogP contribution < -0.4 is 15.8 Å². The average Bonchev–Trinajstić information content (AvgIpc) is 3.03. The Morgan fingerprint density at radius 1 is 1.33 bits per heavy atom. The van der Waals surface area contributed by atoms with Crippen molar-refractivity contribution in [3.63, 3.8) is 0 Å². The van der Waals surface area contributed by atoms with E-state index in [4.69, 9.17) is 16.6 Å². The number of hydrogen-bond donors (Lipinski definition) is 2. The van der Waals surface area contributed by atoms with Gasteiger partial charge in [0.15, 0.2) is 17.2 Å². The van der Waals surface area contributed by atoms with Crippen molar-refractivity contribution < 1.29 is 42.4 Å². The summed E-state index contributed by atoms with van der Waals surface area (Å²) in [4.78, 5) is 28.1. The second kappa shape index (κ2) is 8.58. The van der Waals surface area contributed by atoms with Crippen molar-refractivity contribution in [2.75, 3.05) is 12.4 Å². The van der Waals surface area contributed by atoms with E-state index in [0.29, 0.717) is 6.07 Å². The zero-order valence-corrected chi connectivity index (χ0v) is 17.6. The molecular formula is C21H20F5N3O4. The van der Waals surface area contributed by atoms with Crippen molar-refractivity contribution in [3.05, 3.63) is 53.3 Å². The molecule has 2 aromatic rings. The summed E-state index contributed by atoms with van der Waals surface area (Å²) in [5.41, 5.74) is 1.53. The van der Waals surface area contributed by atoms with Crippen LogP contribution in [0.25, 0.3) is 0 Å². The molecule has 178 valence electrons. The molecule has 1 fully saturated rings. The molecule has 0 aliphatic carbocycles. The van der Waals surface area contributed by atoms with Crippen LogP contribution in [0.2, 0.25) is 0 Å². The minimum atomic E-state index is -4.93. The molecule has 0 bridgehead atoms. The zero-order valence-electron chi connectivity index (χ0n) is 18.6. The molecule has 1 saturated heterocycles. The molecule has 7 nitrogen and oxygen atoms in total. The van der Waals surface area contributed by atoms with E-state index < -0.39 is 58.9 Å². The summed E-state index contributed by atoms with van der Waals surface area (Å²) in [6.07, 6.45) is -5.87. The van der Waals surface area contributed by atoms with Crippen LogP contribution in [0.4, 0.5) is 27.6 Å². The molecule has 4 atom stereocenters. The number of pyridine rings is 1. The third kappa shape index (κ3) is 4.22. The van der Waals surface area contributed by atoms with Gasteiger partial charge in [-0.05, 0) is 25.1 Å². The third-order valence-corrected chi connectivity index (χ3v) is 5.79. The fraction of sp³-hybridized carbons (Fsp3) is 0.381. The van der Waals surface area contributed by atoms with Crippen molar-refractivity contribution in [2.45, 2.75) is 37.6 Å². The standard InChI is InChI=1S/C21H20F5N3O4/c1-9-14(11-4-5-12(22)15(23)16(11)32-3)17(33-20(9,2)21(24,25)26)19(31)29-10-6-7-28-13(8-10)18(27)30/h4-9,14,17H,1-3H3,(H2,27,30)(H,28,29,31)/t9-,14-,17-,20-/m0/s1/i6D. The smallest absolute Gasteiger partial charge is 0.417 e. The number of anilines is 1. The highest BCUT2D eigenvalue weighted by atomic mass is 19.4. The number of carbonyl (C=O) groups excluding carboxylic acids is 2. The number of halogens is 5. The molecule has 2 heterocycles. The van der Waals surface area contributed by atoms with E-state index >= 15 is 0 Å². The van der Waals surface area contributed by atoms with Gasteiger partial charge in [-0.2, -0.15) is 17.6 Å². The van der Waals surface area contributed by atoms with Gasteiger partial charge in [0.05, 0.1) is 8.48 Å². The Morgan fingerprint density at radius 2 is 2.00 bits per heavy atom. The first-order valence-corrected chi connectivity index (χ1v) is 9.56. The Labute approximate surface area is 186 Å². The fourth-order valence-electron chi connectivity index (χ4n) is 3.84. The summed E-state index contributed by atoms with van der Waals surface area (Å²) in [5.74, 6) is -8.34. The number of nitrogens with one attached hydrogen (secondary N) is 1. The minimum Gasteiger partial charge on any atom is -0.493 e. The van der Waals surface area contributed by atoms with Gasteiger partial charge in [-0.1, -0.05) is 13.0 Å². The quantitative estimate of drug-likeness (QED) is 0.646. The molecule has 1 aliphatic rings. The highest BCUT2D eigenvalue weighted by Gasteiger charge is 2.65. The van der Waals surface area contributed by atoms with Crippen LogP contribution in [0.1, 0.15) is 37.2 Å². The zero-order chi connectivity index (χ0) is 25.6. The van der Waals surface area contributed by atoms with Gasteiger partial charge in [0, 0.05) is 29.3 Å². The fourth-order valence-corrected chi connectivity index (χ4v) is 3.84. The number of aromatic nitrogens is 1. The summed E-state index contributed by atoms with van der Waals surface area (Å²) in [7, 11) is 1.01. The first kappa shape index (κ1) is 22.9. The molecule has 3 rings (SSSR count). The van der Waals surface area contributed by atoms with E-state index in [9.17, 15) is 31.5 Å². The number of alkyl halides is 3. The summed E-state index contributed by atoms with van der Waals surface area (Å²) in [6.45, 7) is 1.91. The lowest BCUT2D eigenvalue weighted by atomic mass is 9.77. The first-order valence-electron chi connectivity index (χ1n) is 10.1. The number of methoxy groups -OCH3 is 1. The van der Waals surface area contributed by atoms with Crippen LogP contribution >= 0.6 is 0 Å². The molecule has 33 heavy (non-hydrogen) atoms. The summed E-state index contributed by atoms with van der Waals surface area (Å²) >= 11 is 0. The molecule has 3 N–H and O–H groups in total. The third-order valence-electron chi connectivity index (χ3n) is 5.79. The van der Waals surface area contributed by atoms with Crippen LogP contribution in [0, 0.1) is 17.6 Å². The number of amides is 2. The number of carbonyl (C=O) groups is 2. The molecule has 0 radical (unpaired) electrons. The molecular weight excluding hydrogens is 453 g/mol. The lowest BCUT2D eigenvalue weighted by Crippen LogP contribution is -2.47. The highest BCUT2D eigenvalue weighted by molar-refractivity contribution is 5.97. The molecule has 12 heteroatoms. The van der Waals surface area contributed by atoms with Gasteiger partial charge in [0.25, 0.3) is 11.8 Å². The number of nitrogens with two attached hydrogens (primary N) is 1. The molecule has 1 aliphatic heterocycles. The number of rotatable bonds is 5. The molecule has 1 aromatic heterocycles. The highest BCUT2D eigenvalue weighted by Crippen LogP contribution is 2.55. The van der Waals surface area contributed by atoms with Gasteiger partial charge in [-0.25, -0.2) is 4.39 Å². The van der Waals surface area contributed by atoms with E-state index in [-0.39, 0.29) is 23.0 Å². The van der Waals surface area contributed by atoms with Crippen LogP contribution in [0.15, 0.2) is 30.4 Å². The van der Waals surface area contributed by atoms with Gasteiger partial charge in [-0.15, -0.1) is 0 Å². The summed E-state index contributed by atoms with van der Waals surface area (Å²) in [5, 5.41) is 2.25. The van der Waals surface area contributed by atoms with Gasteiger partial charge in [-0.3, -0.25) is 14.6 Å². The Hall–Kier alpha value is -3.28. The maximum absolute atomic E-state index is 14.4. The lowest BCUT2D eigenvalue weighted by molar-refractivity contribution is -0.272. The van der Waals surface area contributed by atoms with Crippen LogP contribution in [-0.4, -0.2) is 41.8 Å². The second-order valence-corrected chi connectivity index (χ2v) is 7.64. The second-order valence-electron chi connectivity index (χ2n) is 7.64. The molecule has 0 spiro atoms. The molecule has 0 unspecified atom stereocenters. The minimum absolute atomic E-state index is 0.208. The van der Waals surface area contributed by atoms with E-state index in [0.717, 1.165) is 32.4 Å².